The van der Waals surface area contributed by atoms with E-state index in [0.29, 0.717) is 12.8 Å². The molecule has 3 aliphatic carbocycles. The van der Waals surface area contributed by atoms with Gasteiger partial charge in [0, 0.05) is 6.04 Å². The lowest BCUT2D eigenvalue weighted by atomic mass is 9.84. The summed E-state index contributed by atoms with van der Waals surface area (Å²) in [5.41, 5.74) is 0. The van der Waals surface area contributed by atoms with Crippen molar-refractivity contribution in [3.8, 4) is 0 Å². The second kappa shape index (κ2) is 5.27. The molecule has 3 saturated carbocycles. The van der Waals surface area contributed by atoms with Crippen LogP contribution in [-0.2, 0) is 0 Å². The molecule has 0 aromatic rings. The molecule has 5 unspecified atom stereocenters. The first-order valence-electron chi connectivity index (χ1n) is 7.82. The molecular weight excluding hydrogens is 251 g/mol. The normalized spacial score (nSPS) is 42.8. The van der Waals surface area contributed by atoms with Crippen molar-refractivity contribution in [2.24, 2.45) is 23.7 Å². The smallest absolute Gasteiger partial charge is 0.314 e. The van der Waals surface area contributed by atoms with E-state index in [1.807, 2.05) is 0 Å². The predicted octanol–water partition coefficient (Wildman–Crippen LogP) is 4.13. The van der Waals surface area contributed by atoms with Crippen LogP contribution in [0.3, 0.4) is 0 Å². The predicted molar refractivity (Wildman–Crippen MR) is 68.7 cm³/mol. The van der Waals surface area contributed by atoms with E-state index in [-0.39, 0.29) is 6.04 Å². The molecule has 110 valence electrons. The van der Waals surface area contributed by atoms with Crippen LogP contribution < -0.4 is 5.32 Å². The molecule has 0 aromatic carbocycles. The van der Waals surface area contributed by atoms with E-state index >= 15 is 0 Å². The van der Waals surface area contributed by atoms with E-state index in [9.17, 15) is 13.2 Å². The van der Waals surface area contributed by atoms with Crippen molar-refractivity contribution in [2.45, 2.75) is 63.6 Å². The summed E-state index contributed by atoms with van der Waals surface area (Å²) in [6.45, 7) is 0.955. The van der Waals surface area contributed by atoms with Gasteiger partial charge in [0.05, 0.1) is 5.92 Å². The molecule has 0 aromatic heterocycles. The molecule has 19 heavy (non-hydrogen) atoms. The first-order valence-corrected chi connectivity index (χ1v) is 7.82. The van der Waals surface area contributed by atoms with Crippen molar-refractivity contribution in [2.75, 3.05) is 6.54 Å². The Bertz CT molecular complexity index is 315. The molecule has 0 spiro atoms. The molecule has 3 aliphatic rings. The van der Waals surface area contributed by atoms with E-state index in [4.69, 9.17) is 0 Å². The molecule has 2 bridgehead atoms. The van der Waals surface area contributed by atoms with Crippen LogP contribution in [0, 0.1) is 23.7 Å². The van der Waals surface area contributed by atoms with E-state index in [2.05, 4.69) is 5.32 Å². The van der Waals surface area contributed by atoms with Crippen molar-refractivity contribution < 1.29 is 13.2 Å². The van der Waals surface area contributed by atoms with Gasteiger partial charge in [-0.05, 0) is 62.8 Å². The highest BCUT2D eigenvalue weighted by Gasteiger charge is 2.43. The fourth-order valence-corrected chi connectivity index (χ4v) is 4.62. The summed E-state index contributed by atoms with van der Waals surface area (Å²) in [6, 6.07) is 0.0968. The Morgan fingerprint density at radius 3 is 2.42 bits per heavy atom. The third-order valence-electron chi connectivity index (χ3n) is 5.69. The van der Waals surface area contributed by atoms with Gasteiger partial charge in [0.1, 0.15) is 0 Å². The van der Waals surface area contributed by atoms with Gasteiger partial charge in [-0.3, -0.25) is 0 Å². The standard InChI is InChI=1S/C15H24F3N/c16-15(17,18)13-2-1-3-14(8-13)19-9-12-7-10-4-5-11(12)6-10/h10-14,19H,1-9H2. The van der Waals surface area contributed by atoms with Gasteiger partial charge in [-0.1, -0.05) is 12.8 Å². The van der Waals surface area contributed by atoms with Gasteiger partial charge in [0.15, 0.2) is 0 Å². The Hall–Kier alpha value is -0.250. The molecule has 4 heteroatoms. The number of halogens is 3. The summed E-state index contributed by atoms with van der Waals surface area (Å²) in [7, 11) is 0. The summed E-state index contributed by atoms with van der Waals surface area (Å²) in [5, 5.41) is 3.45. The van der Waals surface area contributed by atoms with Crippen molar-refractivity contribution in [1.82, 2.24) is 5.32 Å². The fraction of sp³-hybridized carbons (Fsp3) is 1.00. The molecule has 0 amide bonds. The Balaban J connectivity index is 1.45. The number of rotatable bonds is 3. The SMILES string of the molecule is FC(F)(F)C1CCCC(NCC2CC3CCC2C3)C1. The highest BCUT2D eigenvalue weighted by Crippen LogP contribution is 2.48. The van der Waals surface area contributed by atoms with E-state index in [1.165, 1.54) is 25.7 Å². The molecule has 3 rings (SSSR count). The number of hydrogen-bond acceptors (Lipinski definition) is 1. The second-order valence-electron chi connectivity index (χ2n) is 6.95. The highest BCUT2D eigenvalue weighted by molar-refractivity contribution is 4.92. The molecule has 0 radical (unpaired) electrons. The van der Waals surface area contributed by atoms with E-state index < -0.39 is 12.1 Å². The Morgan fingerprint density at radius 2 is 1.79 bits per heavy atom. The van der Waals surface area contributed by atoms with Gasteiger partial charge in [-0.25, -0.2) is 0 Å². The first-order chi connectivity index (χ1) is 9.02. The lowest BCUT2D eigenvalue weighted by Crippen LogP contribution is -2.41. The molecule has 0 heterocycles. The van der Waals surface area contributed by atoms with Crippen molar-refractivity contribution >= 4 is 0 Å². The highest BCUT2D eigenvalue weighted by atomic mass is 19.4. The minimum Gasteiger partial charge on any atom is -0.314 e. The Kier molecular flexibility index (Phi) is 3.80. The van der Waals surface area contributed by atoms with Crippen molar-refractivity contribution in [3.63, 3.8) is 0 Å². The molecule has 0 saturated heterocycles. The van der Waals surface area contributed by atoms with E-state index in [1.54, 1.807) is 0 Å². The number of alkyl halides is 3. The van der Waals surface area contributed by atoms with Crippen LogP contribution in [0.4, 0.5) is 13.2 Å². The van der Waals surface area contributed by atoms with Gasteiger partial charge in [0.2, 0.25) is 0 Å². The van der Waals surface area contributed by atoms with Crippen LogP contribution >= 0.6 is 0 Å². The number of nitrogens with one attached hydrogen (secondary N) is 1. The zero-order chi connectivity index (χ0) is 13.5. The molecule has 5 atom stereocenters. The van der Waals surface area contributed by atoms with Gasteiger partial charge in [-0.15, -0.1) is 0 Å². The Morgan fingerprint density at radius 1 is 0.947 bits per heavy atom. The average molecular weight is 275 g/mol. The molecule has 0 aliphatic heterocycles. The zero-order valence-electron chi connectivity index (χ0n) is 11.4. The average Bonchev–Trinajstić information content (AvgIpc) is 2.98. The van der Waals surface area contributed by atoms with Crippen LogP contribution in [0.5, 0.6) is 0 Å². The number of fused-ring (bicyclic) bond motifs is 2. The maximum Gasteiger partial charge on any atom is 0.391 e. The van der Waals surface area contributed by atoms with Gasteiger partial charge < -0.3 is 5.32 Å². The van der Waals surface area contributed by atoms with Crippen LogP contribution in [0.15, 0.2) is 0 Å². The van der Waals surface area contributed by atoms with Crippen molar-refractivity contribution in [3.05, 3.63) is 0 Å². The van der Waals surface area contributed by atoms with Crippen LogP contribution in [-0.4, -0.2) is 18.8 Å². The minimum absolute atomic E-state index is 0.0968. The summed E-state index contributed by atoms with van der Waals surface area (Å²) < 4.78 is 38.3. The van der Waals surface area contributed by atoms with Gasteiger partial charge >= 0.3 is 6.18 Å². The second-order valence-corrected chi connectivity index (χ2v) is 6.95. The van der Waals surface area contributed by atoms with Crippen LogP contribution in [0.2, 0.25) is 0 Å². The monoisotopic (exact) mass is 275 g/mol. The molecular formula is C15H24F3N. The van der Waals surface area contributed by atoms with Crippen molar-refractivity contribution in [1.29, 1.82) is 0 Å². The lowest BCUT2D eigenvalue weighted by molar-refractivity contribution is -0.183. The van der Waals surface area contributed by atoms with Gasteiger partial charge in [0.25, 0.3) is 0 Å². The summed E-state index contributed by atoms with van der Waals surface area (Å²) in [4.78, 5) is 0. The van der Waals surface area contributed by atoms with Crippen LogP contribution in [0.25, 0.3) is 0 Å². The Labute approximate surface area is 113 Å². The molecule has 1 N–H and O–H groups in total. The maximum atomic E-state index is 12.8. The third kappa shape index (κ3) is 3.09. The van der Waals surface area contributed by atoms with Crippen LogP contribution in [0.1, 0.15) is 51.4 Å². The molecule has 1 nitrogen and oxygen atoms in total. The van der Waals surface area contributed by atoms with E-state index in [0.717, 1.165) is 37.1 Å². The molecule has 3 fully saturated rings. The lowest BCUT2D eigenvalue weighted by Gasteiger charge is -2.32. The largest absolute Gasteiger partial charge is 0.391 e. The first kappa shape index (κ1) is 13.7. The summed E-state index contributed by atoms with van der Waals surface area (Å²) >= 11 is 0. The van der Waals surface area contributed by atoms with Gasteiger partial charge in [-0.2, -0.15) is 13.2 Å². The topological polar surface area (TPSA) is 12.0 Å². The number of hydrogen-bond donors (Lipinski definition) is 1. The quantitative estimate of drug-likeness (QED) is 0.816. The third-order valence-corrected chi connectivity index (χ3v) is 5.69. The zero-order valence-corrected chi connectivity index (χ0v) is 11.4. The minimum atomic E-state index is -3.99. The summed E-state index contributed by atoms with van der Waals surface area (Å²) in [6.07, 6.45) is 3.71. The fourth-order valence-electron chi connectivity index (χ4n) is 4.62. The maximum absolute atomic E-state index is 12.8. The summed E-state index contributed by atoms with van der Waals surface area (Å²) in [5.74, 6) is 1.45.